The van der Waals surface area contributed by atoms with Crippen LogP contribution in [0.1, 0.15) is 17.5 Å². The summed E-state index contributed by atoms with van der Waals surface area (Å²) < 4.78 is 10.7. The maximum Gasteiger partial charge on any atom is 0.316 e. The maximum atomic E-state index is 12.6. The van der Waals surface area contributed by atoms with Crippen LogP contribution in [0.3, 0.4) is 0 Å². The van der Waals surface area contributed by atoms with Gasteiger partial charge in [-0.25, -0.2) is 0 Å². The van der Waals surface area contributed by atoms with Gasteiger partial charge >= 0.3 is 5.97 Å². The summed E-state index contributed by atoms with van der Waals surface area (Å²) in [5.74, 6) is -0.706. The van der Waals surface area contributed by atoms with Crippen LogP contribution in [0.4, 0.5) is 11.4 Å². The van der Waals surface area contributed by atoms with Gasteiger partial charge in [-0.2, -0.15) is 0 Å². The molecule has 0 aliphatic carbocycles. The zero-order chi connectivity index (χ0) is 20.4. The van der Waals surface area contributed by atoms with E-state index in [9.17, 15) is 19.7 Å². The number of benzene rings is 2. The van der Waals surface area contributed by atoms with Gasteiger partial charge in [0.2, 0.25) is 5.91 Å². The average molecular weight is 384 g/mol. The van der Waals surface area contributed by atoms with Crippen LogP contribution in [0, 0.1) is 29.9 Å². The van der Waals surface area contributed by atoms with Crippen molar-refractivity contribution in [2.24, 2.45) is 5.92 Å². The Hall–Kier alpha value is -3.42. The van der Waals surface area contributed by atoms with E-state index in [1.807, 2.05) is 19.9 Å². The van der Waals surface area contributed by atoms with Crippen LogP contribution in [-0.4, -0.2) is 30.5 Å². The van der Waals surface area contributed by atoms with E-state index in [4.69, 9.17) is 9.47 Å². The molecule has 8 heteroatoms. The lowest BCUT2D eigenvalue weighted by Crippen LogP contribution is -2.27. The van der Waals surface area contributed by atoms with Crippen molar-refractivity contribution in [1.82, 2.24) is 0 Å². The van der Waals surface area contributed by atoms with Crippen molar-refractivity contribution in [2.75, 3.05) is 18.6 Å². The monoisotopic (exact) mass is 384 g/mol. The fourth-order valence-electron chi connectivity index (χ4n) is 3.13. The molecule has 3 rings (SSSR count). The Morgan fingerprint density at radius 3 is 2.64 bits per heavy atom. The van der Waals surface area contributed by atoms with Crippen LogP contribution >= 0.6 is 0 Å². The maximum absolute atomic E-state index is 12.6. The van der Waals surface area contributed by atoms with Crippen molar-refractivity contribution in [3.05, 3.63) is 57.6 Å². The molecule has 0 bridgehead atoms. The van der Waals surface area contributed by atoms with E-state index in [0.717, 1.165) is 11.1 Å². The SMILES string of the molecule is COc1cc([N+](=O)[O-])ccc1N1C[C@@H](C(=O)Oc2cccc(C)c2C)CC1=O. The van der Waals surface area contributed by atoms with E-state index in [-0.39, 0.29) is 30.3 Å². The van der Waals surface area contributed by atoms with Gasteiger partial charge in [-0.15, -0.1) is 0 Å². The average Bonchev–Trinajstić information content (AvgIpc) is 3.06. The van der Waals surface area contributed by atoms with Crippen LogP contribution < -0.4 is 14.4 Å². The minimum Gasteiger partial charge on any atom is -0.494 e. The van der Waals surface area contributed by atoms with E-state index >= 15 is 0 Å². The van der Waals surface area contributed by atoms with Crippen LogP contribution in [0.15, 0.2) is 36.4 Å². The smallest absolute Gasteiger partial charge is 0.316 e. The highest BCUT2D eigenvalue weighted by molar-refractivity contribution is 6.01. The molecule has 1 atom stereocenters. The van der Waals surface area contributed by atoms with Gasteiger partial charge in [-0.1, -0.05) is 12.1 Å². The Labute approximate surface area is 161 Å². The molecule has 1 saturated heterocycles. The number of nitrogens with zero attached hydrogens (tertiary/aromatic N) is 2. The van der Waals surface area contributed by atoms with Gasteiger partial charge in [-0.3, -0.25) is 19.7 Å². The molecular formula is C20H20N2O6. The summed E-state index contributed by atoms with van der Waals surface area (Å²) >= 11 is 0. The van der Waals surface area contributed by atoms with Crippen molar-refractivity contribution in [2.45, 2.75) is 20.3 Å². The van der Waals surface area contributed by atoms with E-state index in [2.05, 4.69) is 0 Å². The largest absolute Gasteiger partial charge is 0.494 e. The van der Waals surface area contributed by atoms with Crippen LogP contribution in [0.2, 0.25) is 0 Å². The van der Waals surface area contributed by atoms with Gasteiger partial charge in [0.05, 0.1) is 29.7 Å². The van der Waals surface area contributed by atoms with Gasteiger partial charge in [0.25, 0.3) is 5.69 Å². The van der Waals surface area contributed by atoms with Crippen molar-refractivity contribution in [3.8, 4) is 11.5 Å². The summed E-state index contributed by atoms with van der Waals surface area (Å²) in [5.41, 5.74) is 2.12. The molecule has 0 radical (unpaired) electrons. The molecule has 2 aromatic carbocycles. The fraction of sp³-hybridized carbons (Fsp3) is 0.300. The molecule has 1 heterocycles. The number of hydrogen-bond acceptors (Lipinski definition) is 6. The van der Waals surface area contributed by atoms with Crippen molar-refractivity contribution >= 4 is 23.3 Å². The molecule has 1 amide bonds. The molecule has 0 N–H and O–H groups in total. The molecule has 2 aromatic rings. The standard InChI is InChI=1S/C20H20N2O6/c1-12-5-4-6-17(13(12)2)28-20(24)14-9-19(23)21(11-14)16-8-7-15(22(25)26)10-18(16)27-3/h4-8,10,14H,9,11H2,1-3H3/t14-/m0/s1. The lowest BCUT2D eigenvalue weighted by molar-refractivity contribution is -0.384. The molecule has 1 aliphatic heterocycles. The van der Waals surface area contributed by atoms with Crippen LogP contribution in [0.25, 0.3) is 0 Å². The van der Waals surface area contributed by atoms with Crippen molar-refractivity contribution < 1.29 is 24.0 Å². The summed E-state index contributed by atoms with van der Waals surface area (Å²) in [6.45, 7) is 3.91. The number of nitro groups is 1. The first-order chi connectivity index (χ1) is 13.3. The minimum atomic E-state index is -0.632. The molecule has 0 unspecified atom stereocenters. The highest BCUT2D eigenvalue weighted by atomic mass is 16.6. The third-order valence-electron chi connectivity index (χ3n) is 4.89. The van der Waals surface area contributed by atoms with Gasteiger partial charge in [-0.05, 0) is 37.1 Å². The first-order valence-corrected chi connectivity index (χ1v) is 8.72. The quantitative estimate of drug-likeness (QED) is 0.340. The number of carbonyl (C=O) groups excluding carboxylic acids is 2. The Balaban J connectivity index is 1.79. The number of nitro benzene ring substituents is 1. The zero-order valence-electron chi connectivity index (χ0n) is 15.8. The first-order valence-electron chi connectivity index (χ1n) is 8.72. The lowest BCUT2D eigenvalue weighted by Gasteiger charge is -2.19. The number of anilines is 1. The number of non-ortho nitro benzene ring substituents is 1. The van der Waals surface area contributed by atoms with Gasteiger partial charge in [0.15, 0.2) is 0 Å². The Bertz CT molecular complexity index is 956. The summed E-state index contributed by atoms with van der Waals surface area (Å²) in [6.07, 6.45) is 0.00381. The molecular weight excluding hydrogens is 364 g/mol. The molecule has 1 fully saturated rings. The normalized spacial score (nSPS) is 16.2. The number of carbonyl (C=O) groups is 2. The van der Waals surface area contributed by atoms with Crippen LogP contribution in [0.5, 0.6) is 11.5 Å². The first kappa shape index (κ1) is 19.3. The summed E-state index contributed by atoms with van der Waals surface area (Å²) in [6, 6.07) is 9.45. The number of hydrogen-bond donors (Lipinski definition) is 0. The lowest BCUT2D eigenvalue weighted by atomic mass is 10.1. The summed E-state index contributed by atoms with van der Waals surface area (Å²) in [5, 5.41) is 10.9. The molecule has 1 aliphatic rings. The third-order valence-corrected chi connectivity index (χ3v) is 4.89. The molecule has 0 aromatic heterocycles. The van der Waals surface area contributed by atoms with Gasteiger partial charge in [0, 0.05) is 19.0 Å². The zero-order valence-corrected chi connectivity index (χ0v) is 15.8. The van der Waals surface area contributed by atoms with Crippen molar-refractivity contribution in [3.63, 3.8) is 0 Å². The second-order valence-electron chi connectivity index (χ2n) is 6.64. The Kier molecular flexibility index (Phi) is 5.30. The highest BCUT2D eigenvalue weighted by Gasteiger charge is 2.38. The number of methoxy groups -OCH3 is 1. The fourth-order valence-corrected chi connectivity index (χ4v) is 3.13. The third kappa shape index (κ3) is 3.66. The van der Waals surface area contributed by atoms with Crippen LogP contribution in [-0.2, 0) is 9.59 Å². The number of esters is 1. The van der Waals surface area contributed by atoms with Gasteiger partial charge < -0.3 is 14.4 Å². The molecule has 28 heavy (non-hydrogen) atoms. The predicted octanol–water partition coefficient (Wildman–Crippen LogP) is 3.18. The van der Waals surface area contributed by atoms with E-state index in [1.165, 1.54) is 30.2 Å². The topological polar surface area (TPSA) is 99.0 Å². The number of amides is 1. The predicted molar refractivity (Wildman–Crippen MR) is 102 cm³/mol. The van der Waals surface area contributed by atoms with E-state index in [1.54, 1.807) is 12.1 Å². The summed E-state index contributed by atoms with van der Waals surface area (Å²) in [4.78, 5) is 36.9. The Morgan fingerprint density at radius 2 is 1.96 bits per heavy atom. The minimum absolute atomic E-state index is 0.00381. The second kappa shape index (κ2) is 7.67. The highest BCUT2D eigenvalue weighted by Crippen LogP contribution is 2.36. The van der Waals surface area contributed by atoms with E-state index in [0.29, 0.717) is 11.4 Å². The second-order valence-corrected chi connectivity index (χ2v) is 6.64. The van der Waals surface area contributed by atoms with Gasteiger partial charge in [0.1, 0.15) is 11.5 Å². The number of aryl methyl sites for hydroxylation is 1. The molecule has 146 valence electrons. The van der Waals surface area contributed by atoms with E-state index < -0.39 is 16.8 Å². The molecule has 0 spiro atoms. The summed E-state index contributed by atoms with van der Waals surface area (Å²) in [7, 11) is 1.37. The van der Waals surface area contributed by atoms with Crippen molar-refractivity contribution in [1.29, 1.82) is 0 Å². The molecule has 0 saturated carbocycles. The molecule has 8 nitrogen and oxygen atoms in total. The number of rotatable bonds is 5. The Morgan fingerprint density at radius 1 is 1.21 bits per heavy atom. The number of ether oxygens (including phenoxy) is 2.